The average molecular weight is 615 g/mol. The summed E-state index contributed by atoms with van der Waals surface area (Å²) in [6.07, 6.45) is -0.893. The zero-order valence-electron chi connectivity index (χ0n) is 24.6. The SMILES string of the molecule is NC(=O)c1cc(COc2ccc3c(c2)CC(C(=O)Nc2cc(CCN4Cc5ccccc5C4)cc(C(F)(F)F)c2)CC3)ccn1. The van der Waals surface area contributed by atoms with E-state index in [1.165, 1.54) is 23.4 Å². The Kier molecular flexibility index (Phi) is 8.58. The van der Waals surface area contributed by atoms with Crippen molar-refractivity contribution < 1.29 is 27.5 Å². The van der Waals surface area contributed by atoms with Crippen LogP contribution in [0, 0.1) is 5.92 Å². The molecule has 232 valence electrons. The second-order valence-electron chi connectivity index (χ2n) is 11.7. The summed E-state index contributed by atoms with van der Waals surface area (Å²) in [6, 6.07) is 21.0. The van der Waals surface area contributed by atoms with Gasteiger partial charge in [0.25, 0.3) is 5.91 Å². The van der Waals surface area contributed by atoms with E-state index >= 15 is 0 Å². The first-order chi connectivity index (χ1) is 21.6. The van der Waals surface area contributed by atoms with Crippen molar-refractivity contribution in [3.8, 4) is 5.75 Å². The van der Waals surface area contributed by atoms with Crippen LogP contribution in [0.2, 0.25) is 0 Å². The molecule has 1 aliphatic heterocycles. The average Bonchev–Trinajstić information content (AvgIpc) is 3.45. The number of alkyl halides is 3. The van der Waals surface area contributed by atoms with E-state index in [0.29, 0.717) is 43.5 Å². The molecule has 10 heteroatoms. The standard InChI is InChI=1S/C35H33F3N4O3/c36-35(37,38)29-13-22(10-12-42-19-26-3-1-2-4-27(26)20-42)14-30(18-29)41-34(44)25-6-5-24-7-8-31(17-28(24)16-25)45-21-23-9-11-40-32(15-23)33(39)43/h1-4,7-9,11,13-15,17-18,25H,5-6,10,12,16,19-21H2,(H2,39,43)(H,41,44). The highest BCUT2D eigenvalue weighted by Gasteiger charge is 2.32. The summed E-state index contributed by atoms with van der Waals surface area (Å²) in [4.78, 5) is 30.9. The van der Waals surface area contributed by atoms with Gasteiger partial charge in [0.15, 0.2) is 0 Å². The summed E-state index contributed by atoms with van der Waals surface area (Å²) in [5, 5.41) is 2.79. The van der Waals surface area contributed by atoms with Crippen LogP contribution >= 0.6 is 0 Å². The number of pyridine rings is 1. The van der Waals surface area contributed by atoms with Crippen molar-refractivity contribution in [2.45, 2.75) is 51.6 Å². The summed E-state index contributed by atoms with van der Waals surface area (Å²) in [5.74, 6) is -0.712. The van der Waals surface area contributed by atoms with Crippen LogP contribution < -0.4 is 15.8 Å². The number of fused-ring (bicyclic) bond motifs is 2. The zero-order chi connectivity index (χ0) is 31.6. The number of hydrogen-bond donors (Lipinski definition) is 2. The normalized spacial score (nSPS) is 16.1. The van der Waals surface area contributed by atoms with E-state index in [1.807, 2.05) is 30.3 Å². The molecule has 1 unspecified atom stereocenters. The van der Waals surface area contributed by atoms with Crippen LogP contribution in [-0.2, 0) is 49.9 Å². The maximum absolute atomic E-state index is 13.8. The number of aryl methyl sites for hydroxylation is 1. The van der Waals surface area contributed by atoms with Crippen LogP contribution in [0.1, 0.15) is 55.9 Å². The van der Waals surface area contributed by atoms with E-state index in [9.17, 15) is 22.8 Å². The summed E-state index contributed by atoms with van der Waals surface area (Å²) >= 11 is 0. The minimum atomic E-state index is -4.53. The number of carbonyl (C=O) groups excluding carboxylic acids is 2. The number of halogens is 3. The second kappa shape index (κ2) is 12.7. The number of primary amides is 1. The molecule has 2 aliphatic rings. The lowest BCUT2D eigenvalue weighted by molar-refractivity contribution is -0.137. The fraction of sp³-hybridized carbons (Fsp3) is 0.286. The molecule has 0 spiro atoms. The molecule has 2 amide bonds. The van der Waals surface area contributed by atoms with E-state index in [4.69, 9.17) is 10.5 Å². The number of ether oxygens (including phenoxy) is 1. The molecule has 6 rings (SSSR count). The third-order valence-corrected chi connectivity index (χ3v) is 8.47. The minimum Gasteiger partial charge on any atom is -0.489 e. The fourth-order valence-corrected chi connectivity index (χ4v) is 6.08. The van der Waals surface area contributed by atoms with Gasteiger partial charge in [-0.3, -0.25) is 19.5 Å². The van der Waals surface area contributed by atoms with Gasteiger partial charge in [-0.2, -0.15) is 13.2 Å². The number of hydrogen-bond acceptors (Lipinski definition) is 5. The Morgan fingerprint density at radius 3 is 2.44 bits per heavy atom. The largest absolute Gasteiger partial charge is 0.489 e. The fourth-order valence-electron chi connectivity index (χ4n) is 6.08. The summed E-state index contributed by atoms with van der Waals surface area (Å²) < 4.78 is 47.4. The third-order valence-electron chi connectivity index (χ3n) is 8.47. The topological polar surface area (TPSA) is 97.6 Å². The van der Waals surface area contributed by atoms with E-state index in [1.54, 1.807) is 18.2 Å². The number of aromatic nitrogens is 1. The molecule has 2 heterocycles. The van der Waals surface area contributed by atoms with Gasteiger partial charge in [0, 0.05) is 37.4 Å². The first-order valence-corrected chi connectivity index (χ1v) is 14.9. The molecule has 0 saturated heterocycles. The van der Waals surface area contributed by atoms with E-state index in [-0.39, 0.29) is 23.9 Å². The van der Waals surface area contributed by atoms with E-state index < -0.39 is 23.6 Å². The number of benzene rings is 3. The number of nitrogens with one attached hydrogen (secondary N) is 1. The number of nitrogens with zero attached hydrogens (tertiary/aromatic N) is 2. The highest BCUT2D eigenvalue weighted by Crippen LogP contribution is 2.34. The van der Waals surface area contributed by atoms with Gasteiger partial charge in [-0.1, -0.05) is 30.3 Å². The molecule has 0 saturated carbocycles. The molecule has 45 heavy (non-hydrogen) atoms. The molecule has 4 aromatic rings. The lowest BCUT2D eigenvalue weighted by Gasteiger charge is -2.25. The predicted molar refractivity (Wildman–Crippen MR) is 163 cm³/mol. The summed E-state index contributed by atoms with van der Waals surface area (Å²) in [7, 11) is 0. The molecule has 0 bridgehead atoms. The predicted octanol–water partition coefficient (Wildman–Crippen LogP) is 6.08. The van der Waals surface area contributed by atoms with Gasteiger partial charge in [0.05, 0.1) is 5.56 Å². The lowest BCUT2D eigenvalue weighted by Crippen LogP contribution is -2.28. The van der Waals surface area contributed by atoms with Crippen molar-refractivity contribution in [1.29, 1.82) is 0 Å². The van der Waals surface area contributed by atoms with E-state index in [2.05, 4.69) is 27.3 Å². The van der Waals surface area contributed by atoms with Gasteiger partial charge in [0.2, 0.25) is 5.91 Å². The first kappa shape index (κ1) is 30.3. The summed E-state index contributed by atoms with van der Waals surface area (Å²) in [5.41, 5.74) is 10.7. The Labute approximate surface area is 259 Å². The number of anilines is 1. The van der Waals surface area contributed by atoms with Crippen LogP contribution in [0.5, 0.6) is 5.75 Å². The zero-order valence-corrected chi connectivity index (χ0v) is 24.6. The van der Waals surface area contributed by atoms with Crippen molar-refractivity contribution >= 4 is 17.5 Å². The monoisotopic (exact) mass is 614 g/mol. The maximum atomic E-state index is 13.8. The van der Waals surface area contributed by atoms with Gasteiger partial charge >= 0.3 is 6.18 Å². The Balaban J connectivity index is 1.10. The number of nitrogens with two attached hydrogens (primary N) is 1. The molecular weight excluding hydrogens is 581 g/mol. The lowest BCUT2D eigenvalue weighted by atomic mass is 9.83. The number of carbonyl (C=O) groups is 2. The molecule has 0 radical (unpaired) electrons. The quantitative estimate of drug-likeness (QED) is 0.238. The Bertz CT molecular complexity index is 1710. The van der Waals surface area contributed by atoms with Gasteiger partial charge in [-0.15, -0.1) is 0 Å². The van der Waals surface area contributed by atoms with Crippen LogP contribution in [0.25, 0.3) is 0 Å². The molecule has 0 fully saturated rings. The molecule has 1 atom stereocenters. The van der Waals surface area contributed by atoms with Crippen molar-refractivity contribution in [3.63, 3.8) is 0 Å². The van der Waals surface area contributed by atoms with Crippen molar-refractivity contribution in [2.75, 3.05) is 11.9 Å². The highest BCUT2D eigenvalue weighted by molar-refractivity contribution is 5.93. The molecule has 3 N–H and O–H groups in total. The van der Waals surface area contributed by atoms with Crippen molar-refractivity contribution in [2.24, 2.45) is 11.7 Å². The smallest absolute Gasteiger partial charge is 0.416 e. The summed E-state index contributed by atoms with van der Waals surface area (Å²) in [6.45, 7) is 2.36. The van der Waals surface area contributed by atoms with Crippen LogP contribution in [0.3, 0.4) is 0 Å². The second-order valence-corrected chi connectivity index (χ2v) is 11.7. The third kappa shape index (κ3) is 7.34. The van der Waals surface area contributed by atoms with Crippen molar-refractivity contribution in [1.82, 2.24) is 9.88 Å². The van der Waals surface area contributed by atoms with Gasteiger partial charge in [-0.25, -0.2) is 0 Å². The Morgan fingerprint density at radius 2 is 1.71 bits per heavy atom. The number of rotatable bonds is 9. The Morgan fingerprint density at radius 1 is 0.933 bits per heavy atom. The van der Waals surface area contributed by atoms with Crippen LogP contribution in [-0.4, -0.2) is 28.2 Å². The maximum Gasteiger partial charge on any atom is 0.416 e. The molecule has 1 aromatic heterocycles. The number of amides is 2. The van der Waals surface area contributed by atoms with Crippen molar-refractivity contribution in [3.05, 3.63) is 124 Å². The van der Waals surface area contributed by atoms with Crippen LogP contribution in [0.4, 0.5) is 18.9 Å². The van der Waals surface area contributed by atoms with Gasteiger partial charge < -0.3 is 15.8 Å². The molecule has 7 nitrogen and oxygen atoms in total. The van der Waals surface area contributed by atoms with E-state index in [0.717, 1.165) is 35.8 Å². The first-order valence-electron chi connectivity index (χ1n) is 14.9. The Hall–Kier alpha value is -4.70. The minimum absolute atomic E-state index is 0.154. The van der Waals surface area contributed by atoms with Gasteiger partial charge in [0.1, 0.15) is 18.1 Å². The molecule has 1 aliphatic carbocycles. The van der Waals surface area contributed by atoms with Gasteiger partial charge in [-0.05, 0) is 102 Å². The highest BCUT2D eigenvalue weighted by atomic mass is 19.4. The molecule has 3 aromatic carbocycles. The molecular formula is C35H33F3N4O3. The van der Waals surface area contributed by atoms with Crippen LogP contribution in [0.15, 0.2) is 79.0 Å².